The van der Waals surface area contributed by atoms with Crippen molar-refractivity contribution in [2.75, 3.05) is 14.2 Å². The van der Waals surface area contributed by atoms with Crippen molar-refractivity contribution in [3.05, 3.63) is 0 Å². The third-order valence-corrected chi connectivity index (χ3v) is 6.89. The molecule has 2 fully saturated rings. The Bertz CT molecular complexity index is 296. The molecule has 0 heterocycles. The van der Waals surface area contributed by atoms with E-state index < -0.39 is 0 Å². The molecule has 0 N–H and O–H groups in total. The lowest BCUT2D eigenvalue weighted by Crippen LogP contribution is -2.42. The van der Waals surface area contributed by atoms with E-state index in [-0.39, 0.29) is 0 Å². The molecule has 0 aromatic carbocycles. The van der Waals surface area contributed by atoms with Crippen molar-refractivity contribution in [3.8, 4) is 0 Å². The highest BCUT2D eigenvalue weighted by Gasteiger charge is 2.43. The second-order valence-electron chi connectivity index (χ2n) is 8.34. The summed E-state index contributed by atoms with van der Waals surface area (Å²) in [4.78, 5) is 0. The van der Waals surface area contributed by atoms with Gasteiger partial charge in [-0.15, -0.1) is 0 Å². The normalized spacial score (nSPS) is 42.0. The molecule has 21 heavy (non-hydrogen) atoms. The Morgan fingerprint density at radius 1 is 0.714 bits per heavy atom. The summed E-state index contributed by atoms with van der Waals surface area (Å²) in [6.45, 7) is 9.81. The van der Waals surface area contributed by atoms with E-state index in [1.54, 1.807) is 0 Å². The molecular weight excluding hydrogens is 260 g/mol. The quantitative estimate of drug-likeness (QED) is 0.733. The van der Waals surface area contributed by atoms with Crippen LogP contribution in [0.1, 0.15) is 66.2 Å². The summed E-state index contributed by atoms with van der Waals surface area (Å²) in [7, 11) is 3.75. The van der Waals surface area contributed by atoms with Gasteiger partial charge in [0.25, 0.3) is 0 Å². The minimum atomic E-state index is 0.458. The third kappa shape index (κ3) is 3.64. The predicted octanol–water partition coefficient (Wildman–Crippen LogP) is 4.92. The molecule has 2 saturated carbocycles. The average molecular weight is 296 g/mol. The van der Waals surface area contributed by atoms with Crippen molar-refractivity contribution in [2.24, 2.45) is 29.1 Å². The first-order valence-electron chi connectivity index (χ1n) is 8.95. The van der Waals surface area contributed by atoms with E-state index in [0.29, 0.717) is 29.5 Å². The fraction of sp³-hybridized carbons (Fsp3) is 1.00. The van der Waals surface area contributed by atoms with Crippen LogP contribution in [-0.4, -0.2) is 26.4 Å². The molecule has 0 aliphatic heterocycles. The molecule has 2 aliphatic rings. The Morgan fingerprint density at radius 3 is 1.38 bits per heavy atom. The zero-order valence-corrected chi connectivity index (χ0v) is 15.0. The monoisotopic (exact) mass is 296 g/mol. The molecule has 0 aromatic rings. The highest BCUT2D eigenvalue weighted by Crippen LogP contribution is 2.50. The molecule has 0 spiro atoms. The molecule has 0 amide bonds. The Hall–Kier alpha value is -0.0800. The summed E-state index contributed by atoms with van der Waals surface area (Å²) in [5, 5.41) is 0. The van der Waals surface area contributed by atoms with Crippen LogP contribution in [0.5, 0.6) is 0 Å². The summed E-state index contributed by atoms with van der Waals surface area (Å²) in [6.07, 6.45) is 8.82. The number of rotatable bonds is 4. The fourth-order valence-electron chi connectivity index (χ4n) is 5.12. The predicted molar refractivity (Wildman–Crippen MR) is 88.4 cm³/mol. The van der Waals surface area contributed by atoms with E-state index >= 15 is 0 Å². The summed E-state index contributed by atoms with van der Waals surface area (Å²) < 4.78 is 11.3. The lowest BCUT2D eigenvalue weighted by molar-refractivity contribution is -0.0518. The van der Waals surface area contributed by atoms with Crippen LogP contribution in [0, 0.1) is 29.1 Å². The summed E-state index contributed by atoms with van der Waals surface area (Å²) >= 11 is 0. The van der Waals surface area contributed by atoms with E-state index in [1.807, 2.05) is 14.2 Å². The topological polar surface area (TPSA) is 18.5 Å². The summed E-state index contributed by atoms with van der Waals surface area (Å²) in [6, 6.07) is 0. The largest absolute Gasteiger partial charge is 0.381 e. The fourth-order valence-corrected chi connectivity index (χ4v) is 5.12. The van der Waals surface area contributed by atoms with Crippen molar-refractivity contribution < 1.29 is 9.47 Å². The maximum Gasteiger partial charge on any atom is 0.0597 e. The molecule has 6 atom stereocenters. The van der Waals surface area contributed by atoms with Gasteiger partial charge in [0.1, 0.15) is 0 Å². The molecule has 2 nitrogen and oxygen atoms in total. The van der Waals surface area contributed by atoms with Gasteiger partial charge >= 0.3 is 0 Å². The van der Waals surface area contributed by atoms with Gasteiger partial charge in [0.2, 0.25) is 0 Å². The van der Waals surface area contributed by atoms with E-state index in [4.69, 9.17) is 9.47 Å². The van der Waals surface area contributed by atoms with Crippen LogP contribution in [0.25, 0.3) is 0 Å². The molecule has 2 heteroatoms. The van der Waals surface area contributed by atoms with Crippen molar-refractivity contribution in [2.45, 2.75) is 78.4 Å². The van der Waals surface area contributed by atoms with Gasteiger partial charge < -0.3 is 9.47 Å². The van der Waals surface area contributed by atoms with Gasteiger partial charge in [-0.3, -0.25) is 0 Å². The van der Waals surface area contributed by atoms with E-state index in [9.17, 15) is 0 Å². The number of hydrogen-bond acceptors (Lipinski definition) is 2. The van der Waals surface area contributed by atoms with Crippen LogP contribution in [0.4, 0.5) is 0 Å². The van der Waals surface area contributed by atoms with E-state index in [1.165, 1.54) is 38.5 Å². The van der Waals surface area contributed by atoms with Crippen molar-refractivity contribution in [1.82, 2.24) is 0 Å². The molecule has 2 rings (SSSR count). The Kier molecular flexibility index (Phi) is 5.76. The van der Waals surface area contributed by atoms with Crippen molar-refractivity contribution in [3.63, 3.8) is 0 Å². The maximum atomic E-state index is 5.64. The van der Waals surface area contributed by atoms with Gasteiger partial charge in [-0.05, 0) is 67.6 Å². The maximum absolute atomic E-state index is 5.64. The lowest BCUT2D eigenvalue weighted by atomic mass is 9.58. The molecule has 6 unspecified atom stereocenters. The SMILES string of the molecule is COC1CCC(C(C)(C)C2CCC(OC)C(C)C2)CC1C. The molecule has 124 valence electrons. The van der Waals surface area contributed by atoms with Gasteiger partial charge in [-0.2, -0.15) is 0 Å². The highest BCUT2D eigenvalue weighted by molar-refractivity contribution is 4.93. The first kappa shape index (κ1) is 17.3. The van der Waals surface area contributed by atoms with Crippen LogP contribution in [0.3, 0.4) is 0 Å². The Labute approximate surface area is 132 Å². The zero-order chi connectivity index (χ0) is 15.6. The van der Waals surface area contributed by atoms with Gasteiger partial charge in [-0.25, -0.2) is 0 Å². The van der Waals surface area contributed by atoms with Gasteiger partial charge in [0, 0.05) is 14.2 Å². The van der Waals surface area contributed by atoms with Crippen LogP contribution in [-0.2, 0) is 9.47 Å². The number of methoxy groups -OCH3 is 2. The second kappa shape index (κ2) is 7.00. The Morgan fingerprint density at radius 2 is 1.10 bits per heavy atom. The summed E-state index contributed by atoms with van der Waals surface area (Å²) in [5.41, 5.74) is 0.458. The summed E-state index contributed by atoms with van der Waals surface area (Å²) in [5.74, 6) is 3.13. The van der Waals surface area contributed by atoms with E-state index in [0.717, 1.165) is 11.8 Å². The second-order valence-corrected chi connectivity index (χ2v) is 8.34. The van der Waals surface area contributed by atoms with Crippen LogP contribution >= 0.6 is 0 Å². The number of ether oxygens (including phenoxy) is 2. The van der Waals surface area contributed by atoms with Gasteiger partial charge in [-0.1, -0.05) is 27.7 Å². The Balaban J connectivity index is 1.98. The van der Waals surface area contributed by atoms with Crippen molar-refractivity contribution in [1.29, 1.82) is 0 Å². The zero-order valence-electron chi connectivity index (χ0n) is 15.0. The molecule has 0 aromatic heterocycles. The first-order valence-corrected chi connectivity index (χ1v) is 8.95. The standard InChI is InChI=1S/C19H36O2/c1-13-11-15(7-9-17(13)20-5)19(3,4)16-8-10-18(21-6)14(2)12-16/h13-18H,7-12H2,1-6H3. The van der Waals surface area contributed by atoms with Gasteiger partial charge in [0.05, 0.1) is 12.2 Å². The van der Waals surface area contributed by atoms with Gasteiger partial charge in [0.15, 0.2) is 0 Å². The smallest absolute Gasteiger partial charge is 0.0597 e. The highest BCUT2D eigenvalue weighted by atomic mass is 16.5. The lowest BCUT2D eigenvalue weighted by Gasteiger charge is -2.49. The third-order valence-electron chi connectivity index (χ3n) is 6.89. The van der Waals surface area contributed by atoms with Crippen molar-refractivity contribution >= 4 is 0 Å². The molecule has 0 bridgehead atoms. The first-order chi connectivity index (χ1) is 9.90. The van der Waals surface area contributed by atoms with Crippen LogP contribution in [0.15, 0.2) is 0 Å². The minimum Gasteiger partial charge on any atom is -0.381 e. The molecular formula is C19H36O2. The molecule has 0 saturated heterocycles. The van der Waals surface area contributed by atoms with Crippen LogP contribution < -0.4 is 0 Å². The average Bonchev–Trinajstić information content (AvgIpc) is 2.47. The minimum absolute atomic E-state index is 0.458. The van der Waals surface area contributed by atoms with Crippen LogP contribution in [0.2, 0.25) is 0 Å². The number of hydrogen-bond donors (Lipinski definition) is 0. The van der Waals surface area contributed by atoms with E-state index in [2.05, 4.69) is 27.7 Å². The molecule has 0 radical (unpaired) electrons. The molecule has 2 aliphatic carbocycles.